The van der Waals surface area contributed by atoms with Crippen LogP contribution in [-0.4, -0.2) is 23.7 Å². The molecule has 1 rings (SSSR count). The van der Waals surface area contributed by atoms with Crippen LogP contribution in [0.2, 0.25) is 0 Å². The van der Waals surface area contributed by atoms with E-state index < -0.39 is 5.97 Å². The molecule has 1 N–H and O–H groups in total. The fourth-order valence-electron chi connectivity index (χ4n) is 4.51. The summed E-state index contributed by atoms with van der Waals surface area (Å²) in [6.45, 7) is 5.06. The zero-order valence-electron chi connectivity index (χ0n) is 18.4. The summed E-state index contributed by atoms with van der Waals surface area (Å²) in [4.78, 5) is 23.2. The van der Waals surface area contributed by atoms with Crippen molar-refractivity contribution in [3.8, 4) is 0 Å². The van der Waals surface area contributed by atoms with E-state index in [1.165, 1.54) is 64.2 Å². The standard InChI is InChI=1S/C24H44O4/c1-3-5-9-14-20(13-4-2)15-10-7-6-8-11-18-28-24(27)22-17-12-16-21(19-22)23(25)26/h20-22H,3-19H2,1-2H3,(H,25,26). The van der Waals surface area contributed by atoms with Crippen molar-refractivity contribution in [1.82, 2.24) is 0 Å². The van der Waals surface area contributed by atoms with E-state index in [9.17, 15) is 9.59 Å². The minimum absolute atomic E-state index is 0.180. The van der Waals surface area contributed by atoms with Crippen LogP contribution in [0.1, 0.15) is 117 Å². The van der Waals surface area contributed by atoms with Gasteiger partial charge in [-0.05, 0) is 31.6 Å². The number of rotatable bonds is 16. The average Bonchev–Trinajstić information content (AvgIpc) is 2.70. The van der Waals surface area contributed by atoms with Gasteiger partial charge in [0, 0.05) is 0 Å². The predicted molar refractivity (Wildman–Crippen MR) is 114 cm³/mol. The van der Waals surface area contributed by atoms with Crippen molar-refractivity contribution >= 4 is 11.9 Å². The van der Waals surface area contributed by atoms with E-state index in [1.54, 1.807) is 0 Å². The largest absolute Gasteiger partial charge is 0.481 e. The highest BCUT2D eigenvalue weighted by Gasteiger charge is 2.31. The van der Waals surface area contributed by atoms with Gasteiger partial charge in [0.15, 0.2) is 0 Å². The maximum atomic E-state index is 12.1. The average molecular weight is 397 g/mol. The number of unbranched alkanes of at least 4 members (excludes halogenated alkanes) is 6. The third-order valence-electron chi connectivity index (χ3n) is 6.27. The lowest BCUT2D eigenvalue weighted by Crippen LogP contribution is -2.28. The highest BCUT2D eigenvalue weighted by molar-refractivity contribution is 5.75. The van der Waals surface area contributed by atoms with Gasteiger partial charge in [0.1, 0.15) is 0 Å². The topological polar surface area (TPSA) is 63.6 Å². The van der Waals surface area contributed by atoms with Crippen molar-refractivity contribution in [3.63, 3.8) is 0 Å². The monoisotopic (exact) mass is 396 g/mol. The van der Waals surface area contributed by atoms with Crippen molar-refractivity contribution in [3.05, 3.63) is 0 Å². The maximum Gasteiger partial charge on any atom is 0.308 e. The normalized spacial score (nSPS) is 20.6. The van der Waals surface area contributed by atoms with Crippen LogP contribution in [0.4, 0.5) is 0 Å². The minimum Gasteiger partial charge on any atom is -0.481 e. The molecule has 28 heavy (non-hydrogen) atoms. The lowest BCUT2D eigenvalue weighted by molar-refractivity contribution is -0.152. The van der Waals surface area contributed by atoms with Gasteiger partial charge in [-0.15, -0.1) is 0 Å². The highest BCUT2D eigenvalue weighted by atomic mass is 16.5. The van der Waals surface area contributed by atoms with Crippen LogP contribution in [0.3, 0.4) is 0 Å². The SMILES string of the molecule is CCCCCC(CCC)CCCCCCCOC(=O)C1CCCC(C(=O)O)C1. The predicted octanol–water partition coefficient (Wildman–Crippen LogP) is 6.76. The summed E-state index contributed by atoms with van der Waals surface area (Å²) in [5, 5.41) is 9.12. The Hall–Kier alpha value is -1.06. The van der Waals surface area contributed by atoms with Crippen LogP contribution in [-0.2, 0) is 14.3 Å². The second-order valence-corrected chi connectivity index (χ2v) is 8.77. The smallest absolute Gasteiger partial charge is 0.308 e. The Kier molecular flexibility index (Phi) is 14.1. The molecule has 4 nitrogen and oxygen atoms in total. The number of carbonyl (C=O) groups excluding carboxylic acids is 1. The number of carbonyl (C=O) groups is 2. The van der Waals surface area contributed by atoms with Crippen molar-refractivity contribution in [2.45, 2.75) is 117 Å². The summed E-state index contributed by atoms with van der Waals surface area (Å²) in [7, 11) is 0. The van der Waals surface area contributed by atoms with E-state index in [4.69, 9.17) is 9.84 Å². The fourth-order valence-corrected chi connectivity index (χ4v) is 4.51. The third kappa shape index (κ3) is 11.1. The minimum atomic E-state index is -0.774. The number of carboxylic acids is 1. The molecule has 0 radical (unpaired) electrons. The molecule has 0 aromatic carbocycles. The number of esters is 1. The van der Waals surface area contributed by atoms with Crippen molar-refractivity contribution < 1.29 is 19.4 Å². The molecule has 0 aromatic rings. The van der Waals surface area contributed by atoms with Crippen molar-refractivity contribution in [2.24, 2.45) is 17.8 Å². The van der Waals surface area contributed by atoms with E-state index in [1.807, 2.05) is 0 Å². The zero-order chi connectivity index (χ0) is 20.6. The maximum absolute atomic E-state index is 12.1. The van der Waals surface area contributed by atoms with Crippen LogP contribution in [0, 0.1) is 17.8 Å². The second kappa shape index (κ2) is 15.8. The molecule has 0 heterocycles. The summed E-state index contributed by atoms with van der Waals surface area (Å²) in [5.74, 6) is -0.616. The molecule has 0 spiro atoms. The van der Waals surface area contributed by atoms with Gasteiger partial charge in [-0.25, -0.2) is 0 Å². The van der Waals surface area contributed by atoms with Gasteiger partial charge in [-0.1, -0.05) is 90.9 Å². The first kappa shape index (κ1) is 25.0. The summed E-state index contributed by atoms with van der Waals surface area (Å²) in [5.41, 5.74) is 0. The Morgan fingerprint density at radius 1 is 0.857 bits per heavy atom. The second-order valence-electron chi connectivity index (χ2n) is 8.77. The number of hydrogen-bond acceptors (Lipinski definition) is 3. The highest BCUT2D eigenvalue weighted by Crippen LogP contribution is 2.30. The lowest BCUT2D eigenvalue weighted by atomic mass is 9.81. The first-order valence-electron chi connectivity index (χ1n) is 12.0. The van der Waals surface area contributed by atoms with Gasteiger partial charge in [-0.3, -0.25) is 9.59 Å². The molecule has 0 bridgehead atoms. The van der Waals surface area contributed by atoms with Crippen molar-refractivity contribution in [2.75, 3.05) is 6.61 Å². The Balaban J connectivity index is 2.03. The van der Waals surface area contributed by atoms with Crippen LogP contribution < -0.4 is 0 Å². The number of hydrogen-bond donors (Lipinski definition) is 1. The number of carboxylic acid groups (broad SMARTS) is 1. The molecule has 1 fully saturated rings. The molecule has 1 aliphatic rings. The van der Waals surface area contributed by atoms with E-state index in [0.29, 0.717) is 19.4 Å². The van der Waals surface area contributed by atoms with Crippen LogP contribution in [0.25, 0.3) is 0 Å². The Labute approximate surface area is 172 Å². The van der Waals surface area contributed by atoms with Crippen LogP contribution in [0.15, 0.2) is 0 Å². The first-order chi connectivity index (χ1) is 13.6. The van der Waals surface area contributed by atoms with Crippen LogP contribution >= 0.6 is 0 Å². The van der Waals surface area contributed by atoms with Gasteiger partial charge >= 0.3 is 11.9 Å². The molecular weight excluding hydrogens is 352 g/mol. The Bertz CT molecular complexity index is 421. The summed E-state index contributed by atoms with van der Waals surface area (Å²) in [6, 6.07) is 0. The molecule has 0 saturated heterocycles. The third-order valence-corrected chi connectivity index (χ3v) is 6.27. The quantitative estimate of drug-likeness (QED) is 0.231. The molecule has 0 amide bonds. The van der Waals surface area contributed by atoms with E-state index >= 15 is 0 Å². The molecule has 0 aliphatic heterocycles. The number of aliphatic carboxylic acids is 1. The number of ether oxygens (including phenoxy) is 1. The molecular formula is C24H44O4. The molecule has 1 saturated carbocycles. The van der Waals surface area contributed by atoms with Gasteiger partial charge in [0.25, 0.3) is 0 Å². The van der Waals surface area contributed by atoms with Crippen LogP contribution in [0.5, 0.6) is 0 Å². The Morgan fingerprint density at radius 2 is 1.50 bits per heavy atom. The van der Waals surface area contributed by atoms with Gasteiger partial charge in [0.05, 0.1) is 18.4 Å². The molecule has 3 unspecified atom stereocenters. The van der Waals surface area contributed by atoms with E-state index in [0.717, 1.165) is 31.6 Å². The van der Waals surface area contributed by atoms with E-state index in [-0.39, 0.29) is 17.8 Å². The summed E-state index contributed by atoms with van der Waals surface area (Å²) >= 11 is 0. The molecule has 0 aromatic heterocycles. The molecule has 4 heteroatoms. The summed E-state index contributed by atoms with van der Waals surface area (Å²) in [6.07, 6.45) is 18.1. The molecule has 1 aliphatic carbocycles. The Morgan fingerprint density at radius 3 is 2.18 bits per heavy atom. The lowest BCUT2D eigenvalue weighted by Gasteiger charge is -2.25. The van der Waals surface area contributed by atoms with Gasteiger partial charge < -0.3 is 9.84 Å². The van der Waals surface area contributed by atoms with Gasteiger partial charge in [0.2, 0.25) is 0 Å². The van der Waals surface area contributed by atoms with Crippen molar-refractivity contribution in [1.29, 1.82) is 0 Å². The zero-order valence-corrected chi connectivity index (χ0v) is 18.4. The molecule has 3 atom stereocenters. The molecule has 164 valence electrons. The van der Waals surface area contributed by atoms with Gasteiger partial charge in [-0.2, -0.15) is 0 Å². The fraction of sp³-hybridized carbons (Fsp3) is 0.917. The van der Waals surface area contributed by atoms with E-state index in [2.05, 4.69) is 13.8 Å². The first-order valence-corrected chi connectivity index (χ1v) is 12.0. The summed E-state index contributed by atoms with van der Waals surface area (Å²) < 4.78 is 5.41.